The first-order valence-corrected chi connectivity index (χ1v) is 20.0. The summed E-state index contributed by atoms with van der Waals surface area (Å²) in [7, 11) is 0. The van der Waals surface area contributed by atoms with Gasteiger partial charge in [0.2, 0.25) is 5.79 Å². The fourth-order valence-electron chi connectivity index (χ4n) is 10.8. The molecule has 7 rings (SSSR count). The van der Waals surface area contributed by atoms with Gasteiger partial charge < -0.3 is 29.2 Å². The summed E-state index contributed by atoms with van der Waals surface area (Å²) >= 11 is 0. The molecule has 0 amide bonds. The maximum atomic E-state index is 12.5. The van der Waals surface area contributed by atoms with Gasteiger partial charge in [0.25, 0.3) is 0 Å². The predicted molar refractivity (Wildman–Crippen MR) is 198 cm³/mol. The van der Waals surface area contributed by atoms with E-state index in [-0.39, 0.29) is 41.5 Å². The molecule has 0 aromatic rings. The van der Waals surface area contributed by atoms with E-state index in [4.69, 9.17) is 23.9 Å². The maximum Gasteiger partial charge on any atom is 0.334 e. The number of rotatable bonds is 1. The largest absolute Gasteiger partial charge is 0.450 e. The fraction of sp³-hybridized carbons (Fsp3) is 0.767. The Morgan fingerprint density at radius 2 is 1.73 bits per heavy atom. The summed E-state index contributed by atoms with van der Waals surface area (Å²) < 4.78 is 26.3. The van der Waals surface area contributed by atoms with Crippen molar-refractivity contribution in [2.24, 2.45) is 34.1 Å². The molecular formula is C43H63NO7. The van der Waals surface area contributed by atoms with Gasteiger partial charge in [-0.15, -0.1) is 0 Å². The number of fused-ring (bicyclic) bond motifs is 2. The molecule has 0 radical (unpaired) electrons. The summed E-state index contributed by atoms with van der Waals surface area (Å²) in [5, 5.41) is 23.6. The molecule has 0 aromatic carbocycles. The Hall–Kier alpha value is -2.10. The van der Waals surface area contributed by atoms with Crippen LogP contribution in [0, 0.1) is 29.1 Å². The Bertz CT molecular complexity index is 1540. The zero-order valence-corrected chi connectivity index (χ0v) is 32.3. The van der Waals surface area contributed by atoms with Crippen LogP contribution >= 0.6 is 0 Å². The lowest BCUT2D eigenvalue weighted by Crippen LogP contribution is -2.60. The zero-order chi connectivity index (χ0) is 36.5. The second-order valence-electron chi connectivity index (χ2n) is 18.1. The molecule has 1 aliphatic carbocycles. The van der Waals surface area contributed by atoms with Crippen LogP contribution < -0.4 is 0 Å². The number of aliphatic hydroxyl groups excluding tert-OH is 1. The van der Waals surface area contributed by atoms with E-state index in [1.807, 2.05) is 19.9 Å². The molecule has 4 bridgehead atoms. The summed E-state index contributed by atoms with van der Waals surface area (Å²) in [5.74, 6) is -1.04. The number of esters is 1. The van der Waals surface area contributed by atoms with Crippen LogP contribution in [0.25, 0.3) is 0 Å². The SMILES string of the molecule is C=C1CCCC2=NCC(C)C(C)CC23CCC(C2C=C(C)C(=O)O2)=C(C)C3C=C(C)C(O)CC2OC3(CCC4(OC(CCC4(C)O)C1)O3)CC2C. The number of carbonyl (C=O) groups excluding carboxylic acids is 1. The molecule has 51 heavy (non-hydrogen) atoms. The molecule has 0 saturated carbocycles. The third-order valence-corrected chi connectivity index (χ3v) is 14.3. The standard InChI is InChI=1S/C43H63NO7/c1-25-10-9-11-38-41(22-28(4)30(6)24-44-38)15-13-33(37-20-27(3)39(46)48-37)31(7)34(41)19-26(2)35(45)21-36-29(5)23-42(50-36)16-17-43(51-42)40(8,47)14-12-32(18-25)49-43/h19-20,28-30,32,34-37,45,47H,1,9-18,21-24H2,2-8H3. The molecule has 8 nitrogen and oxygen atoms in total. The van der Waals surface area contributed by atoms with Crippen LogP contribution in [0.2, 0.25) is 0 Å². The summed E-state index contributed by atoms with van der Waals surface area (Å²) in [5.41, 5.74) is 5.19. The van der Waals surface area contributed by atoms with E-state index in [0.29, 0.717) is 49.5 Å². The van der Waals surface area contributed by atoms with Crippen LogP contribution in [-0.4, -0.2) is 70.0 Å². The Kier molecular flexibility index (Phi) is 9.95. The number of nitrogens with zero attached hydrogens (tertiary/aromatic N) is 1. The van der Waals surface area contributed by atoms with E-state index in [1.54, 1.807) is 0 Å². The highest BCUT2D eigenvalue weighted by atomic mass is 16.8. The third kappa shape index (κ3) is 6.68. The van der Waals surface area contributed by atoms with E-state index in [2.05, 4.69) is 47.3 Å². The minimum absolute atomic E-state index is 0.0156. The second-order valence-corrected chi connectivity index (χ2v) is 18.1. The van der Waals surface area contributed by atoms with Crippen molar-refractivity contribution in [3.8, 4) is 0 Å². The van der Waals surface area contributed by atoms with Gasteiger partial charge in [-0.2, -0.15) is 0 Å². The molecule has 6 aliphatic heterocycles. The van der Waals surface area contributed by atoms with Crippen molar-refractivity contribution in [2.45, 2.75) is 174 Å². The number of carbonyl (C=O) groups is 1. The first-order chi connectivity index (χ1) is 24.1. The molecular weight excluding hydrogens is 642 g/mol. The van der Waals surface area contributed by atoms with E-state index in [1.165, 1.54) is 22.4 Å². The number of ether oxygens (including phenoxy) is 4. The van der Waals surface area contributed by atoms with Crippen LogP contribution in [0.5, 0.6) is 0 Å². The number of cyclic esters (lactones) is 1. The van der Waals surface area contributed by atoms with Crippen molar-refractivity contribution < 1.29 is 34.0 Å². The predicted octanol–water partition coefficient (Wildman–Crippen LogP) is 8.07. The van der Waals surface area contributed by atoms with Gasteiger partial charge in [0, 0.05) is 54.8 Å². The average Bonchev–Trinajstić information content (AvgIpc) is 3.67. The van der Waals surface area contributed by atoms with E-state index in [0.717, 1.165) is 63.5 Å². The Balaban J connectivity index is 1.28. The van der Waals surface area contributed by atoms with E-state index in [9.17, 15) is 15.0 Å². The van der Waals surface area contributed by atoms with Gasteiger partial charge in [-0.05, 0) is 120 Å². The molecule has 7 aliphatic rings. The first kappa shape index (κ1) is 37.2. The Labute approximate surface area is 305 Å². The van der Waals surface area contributed by atoms with Crippen LogP contribution in [0.1, 0.15) is 132 Å². The minimum atomic E-state index is -1.12. The van der Waals surface area contributed by atoms with E-state index < -0.39 is 23.3 Å². The van der Waals surface area contributed by atoms with Crippen LogP contribution in [0.15, 0.2) is 51.6 Å². The third-order valence-electron chi connectivity index (χ3n) is 14.3. The number of aliphatic hydroxyl groups is 2. The van der Waals surface area contributed by atoms with Crippen molar-refractivity contribution >= 4 is 11.7 Å². The highest BCUT2D eigenvalue weighted by Crippen LogP contribution is 2.57. The lowest BCUT2D eigenvalue weighted by molar-refractivity contribution is -0.387. The number of aliphatic imine (C=N–C) groups is 1. The van der Waals surface area contributed by atoms with Gasteiger partial charge in [-0.25, -0.2) is 4.79 Å². The molecule has 3 saturated heterocycles. The molecule has 3 spiro atoms. The summed E-state index contributed by atoms with van der Waals surface area (Å²) in [4.78, 5) is 18.0. The van der Waals surface area contributed by atoms with Gasteiger partial charge in [-0.1, -0.05) is 44.6 Å². The molecule has 2 N–H and O–H groups in total. The van der Waals surface area contributed by atoms with Gasteiger partial charge in [-0.3, -0.25) is 4.99 Å². The summed E-state index contributed by atoms with van der Waals surface area (Å²) in [6.07, 6.45) is 13.1. The van der Waals surface area contributed by atoms with Crippen molar-refractivity contribution in [1.29, 1.82) is 0 Å². The van der Waals surface area contributed by atoms with Gasteiger partial charge in [0.05, 0.1) is 18.3 Å². The topological polar surface area (TPSA) is 107 Å². The first-order valence-electron chi connectivity index (χ1n) is 20.0. The van der Waals surface area contributed by atoms with Crippen molar-refractivity contribution in [2.75, 3.05) is 6.54 Å². The summed E-state index contributed by atoms with van der Waals surface area (Å²) in [6, 6.07) is 0. The molecule has 3 fully saturated rings. The van der Waals surface area contributed by atoms with Crippen LogP contribution in [0.3, 0.4) is 0 Å². The smallest absolute Gasteiger partial charge is 0.334 e. The molecule has 8 heteroatoms. The van der Waals surface area contributed by atoms with Crippen LogP contribution in [0.4, 0.5) is 0 Å². The zero-order valence-electron chi connectivity index (χ0n) is 32.3. The Morgan fingerprint density at radius 3 is 2.47 bits per heavy atom. The van der Waals surface area contributed by atoms with Gasteiger partial charge >= 0.3 is 5.97 Å². The maximum absolute atomic E-state index is 12.5. The summed E-state index contributed by atoms with van der Waals surface area (Å²) in [6.45, 7) is 20.2. The van der Waals surface area contributed by atoms with Crippen molar-refractivity contribution in [3.05, 3.63) is 46.6 Å². The van der Waals surface area contributed by atoms with E-state index >= 15 is 0 Å². The Morgan fingerprint density at radius 1 is 0.941 bits per heavy atom. The normalized spacial score (nSPS) is 46.8. The van der Waals surface area contributed by atoms with Crippen molar-refractivity contribution in [1.82, 2.24) is 0 Å². The lowest BCUT2D eigenvalue weighted by atomic mass is 9.56. The second kappa shape index (κ2) is 13.6. The molecule has 12 unspecified atom stereocenters. The molecule has 0 aromatic heterocycles. The molecule has 12 atom stereocenters. The molecule has 6 heterocycles. The van der Waals surface area contributed by atoms with Crippen molar-refractivity contribution in [3.63, 3.8) is 0 Å². The lowest BCUT2D eigenvalue weighted by Gasteiger charge is -2.49. The monoisotopic (exact) mass is 705 g/mol. The minimum Gasteiger partial charge on any atom is -0.450 e. The quantitative estimate of drug-likeness (QED) is 0.210. The van der Waals surface area contributed by atoms with Crippen LogP contribution in [-0.2, 0) is 23.7 Å². The average molecular weight is 706 g/mol. The fourth-order valence-corrected chi connectivity index (χ4v) is 10.8. The molecule has 282 valence electrons. The highest BCUT2D eigenvalue weighted by molar-refractivity contribution is 5.92. The number of hydrogen-bond acceptors (Lipinski definition) is 8. The number of allylic oxidation sites excluding steroid dienone is 2. The highest BCUT2D eigenvalue weighted by Gasteiger charge is 2.64. The number of hydrogen-bond donors (Lipinski definition) is 2. The van der Waals surface area contributed by atoms with Gasteiger partial charge in [0.1, 0.15) is 11.7 Å². The van der Waals surface area contributed by atoms with Gasteiger partial charge in [0.15, 0.2) is 5.79 Å².